The third kappa shape index (κ3) is 4.80. The molecule has 8 heteroatoms. The summed E-state index contributed by atoms with van der Waals surface area (Å²) in [5.41, 5.74) is 1.68. The van der Waals surface area contributed by atoms with E-state index >= 15 is 0 Å². The first-order valence-corrected chi connectivity index (χ1v) is 10.4. The molecule has 1 aliphatic heterocycles. The summed E-state index contributed by atoms with van der Waals surface area (Å²) >= 11 is 0. The number of anilines is 1. The van der Waals surface area contributed by atoms with Gasteiger partial charge in [-0.3, -0.25) is 9.59 Å². The SMILES string of the molecule is COc1ccccc1NC(=O)COc1ccc2c(c1)OC(=Cc1ccc(OC)c(OC)c1)C2=O. The van der Waals surface area contributed by atoms with Crippen molar-refractivity contribution in [2.24, 2.45) is 0 Å². The van der Waals surface area contributed by atoms with Gasteiger partial charge in [-0.25, -0.2) is 0 Å². The van der Waals surface area contributed by atoms with E-state index in [-0.39, 0.29) is 24.1 Å². The van der Waals surface area contributed by atoms with Gasteiger partial charge >= 0.3 is 0 Å². The van der Waals surface area contributed by atoms with Gasteiger partial charge in [0, 0.05) is 6.07 Å². The highest BCUT2D eigenvalue weighted by molar-refractivity contribution is 6.14. The standard InChI is InChI=1S/C26H23NO7/c1-30-20-7-5-4-6-19(20)27-25(28)15-33-17-9-10-18-22(14-17)34-24(26(18)29)13-16-8-11-21(31-2)23(12-16)32-3/h4-14H,15H2,1-3H3,(H,27,28). The Labute approximate surface area is 196 Å². The number of fused-ring (bicyclic) bond motifs is 1. The Bertz CT molecular complexity index is 1270. The molecule has 0 bridgehead atoms. The molecule has 0 aromatic heterocycles. The van der Waals surface area contributed by atoms with Crippen molar-refractivity contribution < 1.29 is 33.3 Å². The maximum atomic E-state index is 12.8. The number of allylic oxidation sites excluding steroid dienone is 1. The number of hydrogen-bond acceptors (Lipinski definition) is 7. The van der Waals surface area contributed by atoms with E-state index in [0.29, 0.717) is 40.0 Å². The van der Waals surface area contributed by atoms with Crippen LogP contribution in [0, 0.1) is 0 Å². The van der Waals surface area contributed by atoms with Crippen molar-refractivity contribution in [3.8, 4) is 28.7 Å². The summed E-state index contributed by atoms with van der Waals surface area (Å²) in [6, 6.07) is 17.2. The van der Waals surface area contributed by atoms with Crippen molar-refractivity contribution in [3.63, 3.8) is 0 Å². The lowest BCUT2D eigenvalue weighted by molar-refractivity contribution is -0.118. The zero-order chi connectivity index (χ0) is 24.1. The first kappa shape index (κ1) is 22.7. The van der Waals surface area contributed by atoms with E-state index in [1.807, 2.05) is 6.07 Å². The molecule has 3 aromatic carbocycles. The van der Waals surface area contributed by atoms with E-state index in [4.69, 9.17) is 23.7 Å². The molecular formula is C26H23NO7. The molecule has 0 fully saturated rings. The molecule has 8 nitrogen and oxygen atoms in total. The normalized spacial score (nSPS) is 13.1. The molecule has 0 aliphatic carbocycles. The molecule has 0 unspecified atom stereocenters. The monoisotopic (exact) mass is 461 g/mol. The zero-order valence-corrected chi connectivity index (χ0v) is 18.9. The minimum Gasteiger partial charge on any atom is -0.495 e. The van der Waals surface area contributed by atoms with Crippen molar-refractivity contribution in [1.29, 1.82) is 0 Å². The van der Waals surface area contributed by atoms with Crippen LogP contribution in [-0.4, -0.2) is 39.6 Å². The average Bonchev–Trinajstić information content (AvgIpc) is 3.17. The van der Waals surface area contributed by atoms with E-state index in [9.17, 15) is 9.59 Å². The quantitative estimate of drug-likeness (QED) is 0.499. The first-order chi connectivity index (χ1) is 16.5. The number of hydrogen-bond donors (Lipinski definition) is 1. The molecule has 0 saturated heterocycles. The van der Waals surface area contributed by atoms with Crippen molar-refractivity contribution in [1.82, 2.24) is 0 Å². The molecule has 0 atom stereocenters. The van der Waals surface area contributed by atoms with Gasteiger partial charge in [0.05, 0.1) is 32.6 Å². The van der Waals surface area contributed by atoms with Crippen molar-refractivity contribution in [2.45, 2.75) is 0 Å². The predicted molar refractivity (Wildman–Crippen MR) is 126 cm³/mol. The molecule has 0 spiro atoms. The second kappa shape index (κ2) is 9.99. The molecule has 1 heterocycles. The number of para-hydroxylation sites is 2. The topological polar surface area (TPSA) is 92.3 Å². The van der Waals surface area contributed by atoms with E-state index < -0.39 is 0 Å². The summed E-state index contributed by atoms with van der Waals surface area (Å²) in [5, 5.41) is 2.74. The summed E-state index contributed by atoms with van der Waals surface area (Å²) in [6.07, 6.45) is 1.63. The Morgan fingerprint density at radius 2 is 1.68 bits per heavy atom. The maximum Gasteiger partial charge on any atom is 0.262 e. The van der Waals surface area contributed by atoms with Gasteiger partial charge < -0.3 is 29.0 Å². The third-order valence-electron chi connectivity index (χ3n) is 5.10. The van der Waals surface area contributed by atoms with Gasteiger partial charge in [-0.05, 0) is 48.0 Å². The van der Waals surface area contributed by atoms with Crippen molar-refractivity contribution >= 4 is 23.5 Å². The van der Waals surface area contributed by atoms with Crippen LogP contribution in [-0.2, 0) is 4.79 Å². The van der Waals surface area contributed by atoms with Gasteiger partial charge in [-0.2, -0.15) is 0 Å². The number of ether oxygens (including phenoxy) is 5. The van der Waals surface area contributed by atoms with Crippen LogP contribution < -0.4 is 29.0 Å². The highest BCUT2D eigenvalue weighted by Crippen LogP contribution is 2.36. The second-order valence-corrected chi connectivity index (χ2v) is 7.25. The van der Waals surface area contributed by atoms with Crippen LogP contribution in [0.1, 0.15) is 15.9 Å². The third-order valence-corrected chi connectivity index (χ3v) is 5.10. The van der Waals surface area contributed by atoms with Gasteiger partial charge in [-0.1, -0.05) is 18.2 Å². The molecule has 1 aliphatic rings. The van der Waals surface area contributed by atoms with E-state index in [1.54, 1.807) is 74.9 Å². The summed E-state index contributed by atoms with van der Waals surface area (Å²) in [5.74, 6) is 2.02. The Morgan fingerprint density at radius 1 is 0.912 bits per heavy atom. The number of amides is 1. The summed E-state index contributed by atoms with van der Waals surface area (Å²) in [7, 11) is 4.62. The number of ketones is 1. The fourth-order valence-electron chi connectivity index (χ4n) is 3.43. The summed E-state index contributed by atoms with van der Waals surface area (Å²) < 4.78 is 27.1. The second-order valence-electron chi connectivity index (χ2n) is 7.25. The van der Waals surface area contributed by atoms with Crippen LogP contribution in [0.4, 0.5) is 5.69 Å². The van der Waals surface area contributed by atoms with Gasteiger partial charge in [-0.15, -0.1) is 0 Å². The van der Waals surface area contributed by atoms with E-state index in [1.165, 1.54) is 7.11 Å². The Morgan fingerprint density at radius 3 is 2.44 bits per heavy atom. The minimum absolute atomic E-state index is 0.174. The molecule has 3 aromatic rings. The maximum absolute atomic E-state index is 12.8. The molecule has 34 heavy (non-hydrogen) atoms. The number of rotatable bonds is 8. The van der Waals surface area contributed by atoms with Gasteiger partial charge in [0.1, 0.15) is 17.2 Å². The average molecular weight is 461 g/mol. The van der Waals surface area contributed by atoms with Crippen LogP contribution in [0.25, 0.3) is 6.08 Å². The Balaban J connectivity index is 1.43. The van der Waals surface area contributed by atoms with Crippen LogP contribution in [0.15, 0.2) is 66.4 Å². The van der Waals surface area contributed by atoms with Crippen LogP contribution in [0.5, 0.6) is 28.7 Å². The largest absolute Gasteiger partial charge is 0.495 e. The zero-order valence-electron chi connectivity index (χ0n) is 18.9. The highest BCUT2D eigenvalue weighted by atomic mass is 16.5. The lowest BCUT2D eigenvalue weighted by Gasteiger charge is -2.11. The van der Waals surface area contributed by atoms with E-state index in [0.717, 1.165) is 5.56 Å². The number of Topliss-reactive ketones (excluding diaryl/α,β-unsaturated/α-hetero) is 1. The van der Waals surface area contributed by atoms with Crippen LogP contribution in [0.3, 0.4) is 0 Å². The van der Waals surface area contributed by atoms with Gasteiger partial charge in [0.15, 0.2) is 23.9 Å². The van der Waals surface area contributed by atoms with Crippen molar-refractivity contribution in [2.75, 3.05) is 33.3 Å². The Kier molecular flexibility index (Phi) is 6.68. The summed E-state index contributed by atoms with van der Waals surface area (Å²) in [6.45, 7) is -0.223. The fraction of sp³-hybridized carbons (Fsp3) is 0.154. The number of benzene rings is 3. The molecule has 1 amide bonds. The predicted octanol–water partition coefficient (Wildman–Crippen LogP) is 4.35. The molecule has 1 N–H and O–H groups in total. The number of carbonyl (C=O) groups is 2. The first-order valence-electron chi connectivity index (χ1n) is 10.4. The minimum atomic E-state index is -0.351. The fourth-order valence-corrected chi connectivity index (χ4v) is 3.43. The van der Waals surface area contributed by atoms with Crippen LogP contribution in [0.2, 0.25) is 0 Å². The molecule has 0 saturated carbocycles. The number of methoxy groups -OCH3 is 3. The smallest absolute Gasteiger partial charge is 0.262 e. The molecule has 0 radical (unpaired) electrons. The molecule has 4 rings (SSSR count). The Hall–Kier alpha value is -4.46. The lowest BCUT2D eigenvalue weighted by Crippen LogP contribution is -2.20. The lowest BCUT2D eigenvalue weighted by atomic mass is 10.1. The van der Waals surface area contributed by atoms with Gasteiger partial charge in [0.25, 0.3) is 5.91 Å². The molecular weight excluding hydrogens is 438 g/mol. The molecule has 174 valence electrons. The number of nitrogens with one attached hydrogen (secondary N) is 1. The van der Waals surface area contributed by atoms with Crippen LogP contribution >= 0.6 is 0 Å². The highest BCUT2D eigenvalue weighted by Gasteiger charge is 2.28. The van der Waals surface area contributed by atoms with E-state index in [2.05, 4.69) is 5.32 Å². The number of carbonyl (C=O) groups excluding carboxylic acids is 2. The van der Waals surface area contributed by atoms with Gasteiger partial charge in [0.2, 0.25) is 5.78 Å². The summed E-state index contributed by atoms with van der Waals surface area (Å²) in [4.78, 5) is 25.0. The van der Waals surface area contributed by atoms with Crippen molar-refractivity contribution in [3.05, 3.63) is 77.5 Å².